The van der Waals surface area contributed by atoms with Crippen LogP contribution in [0.15, 0.2) is 215 Å². The number of allylic oxidation sites excluding steroid dienone is 1. The fourth-order valence-corrected chi connectivity index (χ4v) is 9.47. The number of benzene rings is 9. The summed E-state index contributed by atoms with van der Waals surface area (Å²) in [4.78, 5) is 11.3. The molecule has 11 aromatic rings. The Morgan fingerprint density at radius 2 is 1.16 bits per heavy atom. The standard InChI is InChI=1S/C57H39N3O/c1-36-29-31-49(42-22-13-21-39(33-42)37-15-3-2-4-16-37)58-57(59-55(36)45-26-14-20-38-17-7-8-23-43(38)45)47-30-32-51(56-54(47)46-25-10-12-28-53(46)61-56)60-50-27-11-9-24-44(50)48-34-40-18-5-6-19-41(40)35-52(48)60/h2-28,30-36H,29H2,1H3/b49-31+,58-57-,59-55+. The van der Waals surface area contributed by atoms with Crippen LogP contribution in [0.3, 0.4) is 0 Å². The molecule has 0 spiro atoms. The van der Waals surface area contributed by atoms with Gasteiger partial charge in [0.15, 0.2) is 11.4 Å². The fourth-order valence-electron chi connectivity index (χ4n) is 9.47. The summed E-state index contributed by atoms with van der Waals surface area (Å²) < 4.78 is 9.38. The van der Waals surface area contributed by atoms with E-state index in [4.69, 9.17) is 14.4 Å². The summed E-state index contributed by atoms with van der Waals surface area (Å²) in [6.45, 7) is 2.29. The van der Waals surface area contributed by atoms with Crippen LogP contribution in [0.4, 0.5) is 0 Å². The zero-order chi connectivity index (χ0) is 40.4. The zero-order valence-corrected chi connectivity index (χ0v) is 33.6. The van der Waals surface area contributed by atoms with Crippen LogP contribution in [0.5, 0.6) is 0 Å². The van der Waals surface area contributed by atoms with Crippen LogP contribution in [0.1, 0.15) is 30.0 Å². The van der Waals surface area contributed by atoms with Crippen molar-refractivity contribution in [3.8, 4) is 16.8 Å². The molecule has 3 heterocycles. The normalized spacial score (nSPS) is 17.3. The molecule has 1 unspecified atom stereocenters. The van der Waals surface area contributed by atoms with E-state index in [2.05, 4.69) is 206 Å². The molecule has 4 nitrogen and oxygen atoms in total. The lowest BCUT2D eigenvalue weighted by atomic mass is 9.90. The number of rotatable bonds is 5. The van der Waals surface area contributed by atoms with Crippen molar-refractivity contribution in [1.82, 2.24) is 4.57 Å². The van der Waals surface area contributed by atoms with Crippen LogP contribution < -0.4 is 0 Å². The van der Waals surface area contributed by atoms with E-state index in [1.165, 1.54) is 37.9 Å². The molecule has 0 radical (unpaired) electrons. The topological polar surface area (TPSA) is 42.8 Å². The van der Waals surface area contributed by atoms with Crippen molar-refractivity contribution in [2.24, 2.45) is 15.9 Å². The van der Waals surface area contributed by atoms with Crippen molar-refractivity contribution in [1.29, 1.82) is 0 Å². The van der Waals surface area contributed by atoms with Gasteiger partial charge in [0.05, 0.1) is 28.1 Å². The molecule has 2 aromatic heterocycles. The third kappa shape index (κ3) is 5.83. The van der Waals surface area contributed by atoms with Crippen LogP contribution in [0.2, 0.25) is 0 Å². The molecule has 1 atom stereocenters. The first-order valence-electron chi connectivity index (χ1n) is 21.0. The van der Waals surface area contributed by atoms with Crippen LogP contribution in [-0.2, 0) is 0 Å². The van der Waals surface area contributed by atoms with Gasteiger partial charge in [0.25, 0.3) is 0 Å². The number of aromatic nitrogens is 1. The first-order chi connectivity index (χ1) is 30.2. The molecule has 288 valence electrons. The average Bonchev–Trinajstić information content (AvgIpc) is 3.86. The van der Waals surface area contributed by atoms with Crippen LogP contribution >= 0.6 is 0 Å². The Labute approximate surface area is 353 Å². The number of hydrogen-bond acceptors (Lipinski definition) is 3. The monoisotopic (exact) mass is 781 g/mol. The molecule has 1 aliphatic rings. The molecule has 0 aliphatic carbocycles. The van der Waals surface area contributed by atoms with Crippen molar-refractivity contribution in [3.63, 3.8) is 0 Å². The molecular weight excluding hydrogens is 743 g/mol. The highest BCUT2D eigenvalue weighted by atomic mass is 16.3. The molecule has 9 aromatic carbocycles. The van der Waals surface area contributed by atoms with Gasteiger partial charge in [0.1, 0.15) is 5.58 Å². The Kier molecular flexibility index (Phi) is 8.17. The number of nitrogens with zero attached hydrogens (tertiary/aromatic N) is 3. The SMILES string of the molecule is CC1C/C=C(c2cccc(-c3ccccc3)c2)/N=C(c2ccc(-n3c4ccccc4c4cc5ccccc5cc43)c3oc4ccccc4c23)\N=C/1c1cccc2ccccc12. The van der Waals surface area contributed by atoms with Gasteiger partial charge in [0, 0.05) is 44.2 Å². The van der Waals surface area contributed by atoms with Gasteiger partial charge < -0.3 is 8.98 Å². The lowest BCUT2D eigenvalue weighted by Gasteiger charge is -2.20. The van der Waals surface area contributed by atoms with Crippen molar-refractivity contribution in [3.05, 3.63) is 217 Å². The molecular formula is C57H39N3O. The van der Waals surface area contributed by atoms with Gasteiger partial charge in [-0.3, -0.25) is 0 Å². The molecule has 4 heteroatoms. The van der Waals surface area contributed by atoms with Gasteiger partial charge >= 0.3 is 0 Å². The highest BCUT2D eigenvalue weighted by molar-refractivity contribution is 6.25. The Morgan fingerprint density at radius 3 is 2.03 bits per heavy atom. The molecule has 0 amide bonds. The maximum absolute atomic E-state index is 7.01. The van der Waals surface area contributed by atoms with E-state index in [0.717, 1.165) is 78.7 Å². The molecule has 1 aliphatic heterocycles. The third-order valence-electron chi connectivity index (χ3n) is 12.4. The van der Waals surface area contributed by atoms with Gasteiger partial charge in [-0.25, -0.2) is 9.98 Å². The zero-order valence-electron chi connectivity index (χ0n) is 33.6. The van der Waals surface area contributed by atoms with E-state index in [0.29, 0.717) is 5.84 Å². The van der Waals surface area contributed by atoms with E-state index in [1.54, 1.807) is 0 Å². The summed E-state index contributed by atoms with van der Waals surface area (Å²) >= 11 is 0. The molecule has 0 saturated heterocycles. The number of para-hydroxylation sites is 2. The van der Waals surface area contributed by atoms with Gasteiger partial charge in [-0.2, -0.15) is 0 Å². The Balaban J connectivity index is 1.14. The highest BCUT2D eigenvalue weighted by Crippen LogP contribution is 2.42. The van der Waals surface area contributed by atoms with E-state index < -0.39 is 0 Å². The minimum Gasteiger partial charge on any atom is -0.454 e. The predicted molar refractivity (Wildman–Crippen MR) is 256 cm³/mol. The quantitative estimate of drug-likeness (QED) is 0.171. The van der Waals surface area contributed by atoms with E-state index in [-0.39, 0.29) is 5.92 Å². The van der Waals surface area contributed by atoms with E-state index in [9.17, 15) is 0 Å². The summed E-state index contributed by atoms with van der Waals surface area (Å²) in [5.74, 6) is 0.758. The lowest BCUT2D eigenvalue weighted by Crippen LogP contribution is -2.17. The maximum Gasteiger partial charge on any atom is 0.160 e. The average molecular weight is 782 g/mol. The highest BCUT2D eigenvalue weighted by Gasteiger charge is 2.25. The number of fused-ring (bicyclic) bond motifs is 8. The number of furan rings is 1. The molecule has 12 rings (SSSR count). The van der Waals surface area contributed by atoms with Crippen molar-refractivity contribution >= 4 is 82.5 Å². The second-order valence-corrected chi connectivity index (χ2v) is 16.1. The molecule has 0 saturated carbocycles. The number of aliphatic imine (C=N–C) groups is 2. The Bertz CT molecular complexity index is 3630. The minimum absolute atomic E-state index is 0.104. The largest absolute Gasteiger partial charge is 0.454 e. The van der Waals surface area contributed by atoms with Crippen LogP contribution in [0.25, 0.3) is 87.8 Å². The second kappa shape index (κ2) is 14.2. The Morgan fingerprint density at radius 1 is 0.492 bits per heavy atom. The number of hydrogen-bond donors (Lipinski definition) is 0. The Hall–Kier alpha value is -7.82. The summed E-state index contributed by atoms with van der Waals surface area (Å²) in [5, 5.41) is 9.21. The first-order valence-corrected chi connectivity index (χ1v) is 21.0. The second-order valence-electron chi connectivity index (χ2n) is 16.1. The van der Waals surface area contributed by atoms with Crippen LogP contribution in [-0.4, -0.2) is 16.1 Å². The van der Waals surface area contributed by atoms with Gasteiger partial charge in [-0.05, 0) is 81.6 Å². The molecule has 61 heavy (non-hydrogen) atoms. The first kappa shape index (κ1) is 35.2. The summed E-state index contributed by atoms with van der Waals surface area (Å²) in [5.41, 5.74) is 12.2. The van der Waals surface area contributed by atoms with E-state index >= 15 is 0 Å². The summed E-state index contributed by atoms with van der Waals surface area (Å²) in [6, 6.07) is 69.1. The van der Waals surface area contributed by atoms with Gasteiger partial charge in [-0.1, -0.05) is 165 Å². The van der Waals surface area contributed by atoms with Crippen LogP contribution in [0, 0.1) is 5.92 Å². The van der Waals surface area contributed by atoms with E-state index in [1.807, 2.05) is 6.07 Å². The van der Waals surface area contributed by atoms with Crippen molar-refractivity contribution in [2.45, 2.75) is 13.3 Å². The van der Waals surface area contributed by atoms with Gasteiger partial charge in [0.2, 0.25) is 0 Å². The minimum atomic E-state index is 0.104. The smallest absolute Gasteiger partial charge is 0.160 e. The van der Waals surface area contributed by atoms with Crippen molar-refractivity contribution in [2.75, 3.05) is 0 Å². The summed E-state index contributed by atoms with van der Waals surface area (Å²) in [6.07, 6.45) is 3.09. The number of amidine groups is 1. The third-order valence-corrected chi connectivity index (χ3v) is 12.4. The summed E-state index contributed by atoms with van der Waals surface area (Å²) in [7, 11) is 0. The maximum atomic E-state index is 7.01. The van der Waals surface area contributed by atoms with Gasteiger partial charge in [-0.15, -0.1) is 0 Å². The molecule has 0 bridgehead atoms. The fraction of sp³-hybridized carbons (Fsp3) is 0.0526. The van der Waals surface area contributed by atoms with Crippen molar-refractivity contribution < 1.29 is 4.42 Å². The molecule has 0 fully saturated rings. The lowest BCUT2D eigenvalue weighted by molar-refractivity contribution is 0.666. The predicted octanol–water partition coefficient (Wildman–Crippen LogP) is 15.0. The molecule has 0 N–H and O–H groups in total.